The number of rotatable bonds is 6. The molecule has 0 bridgehead atoms. The Bertz CT molecular complexity index is 798. The number of benzene rings is 2. The van der Waals surface area contributed by atoms with Gasteiger partial charge in [-0.15, -0.1) is 0 Å². The van der Waals surface area contributed by atoms with Crippen LogP contribution in [0.5, 0.6) is 5.75 Å². The first-order valence-corrected chi connectivity index (χ1v) is 8.13. The maximum Gasteiger partial charge on any atom is 0.269 e. The van der Waals surface area contributed by atoms with Gasteiger partial charge in [0.25, 0.3) is 11.6 Å². The number of nitro groups is 1. The number of nitro benzene ring substituents is 1. The molecule has 0 saturated heterocycles. The van der Waals surface area contributed by atoms with E-state index in [0.29, 0.717) is 21.4 Å². The zero-order chi connectivity index (χ0) is 18.6. The molecule has 1 amide bonds. The minimum absolute atomic E-state index is 0.0180. The molecule has 0 aliphatic heterocycles. The van der Waals surface area contributed by atoms with E-state index in [2.05, 4.69) is 0 Å². The van der Waals surface area contributed by atoms with Crippen LogP contribution in [0.2, 0.25) is 10.0 Å². The molecule has 0 N–H and O–H groups in total. The van der Waals surface area contributed by atoms with Gasteiger partial charge in [-0.05, 0) is 30.7 Å². The summed E-state index contributed by atoms with van der Waals surface area (Å²) >= 11 is 11.9. The molecule has 2 aromatic rings. The fourth-order valence-corrected chi connectivity index (χ4v) is 2.70. The molecule has 1 unspecified atom stereocenters. The van der Waals surface area contributed by atoms with Crippen molar-refractivity contribution in [3.05, 3.63) is 68.2 Å². The minimum atomic E-state index is -0.776. The molecule has 0 aliphatic rings. The monoisotopic (exact) mass is 382 g/mol. The average Bonchev–Trinajstić information content (AvgIpc) is 2.56. The topological polar surface area (TPSA) is 72.7 Å². The van der Waals surface area contributed by atoms with Crippen molar-refractivity contribution in [2.75, 3.05) is 7.05 Å². The average molecular weight is 383 g/mol. The fourth-order valence-electron chi connectivity index (χ4n) is 2.24. The lowest BCUT2D eigenvalue weighted by molar-refractivity contribution is -0.384. The molecule has 0 saturated carbocycles. The Labute approximate surface area is 155 Å². The predicted octanol–water partition coefficient (Wildman–Crippen LogP) is 4.33. The molecule has 0 fully saturated rings. The number of carbonyl (C=O) groups excluding carboxylic acids is 1. The third-order valence-electron chi connectivity index (χ3n) is 3.46. The highest BCUT2D eigenvalue weighted by Gasteiger charge is 2.21. The summed E-state index contributed by atoms with van der Waals surface area (Å²) in [6, 6.07) is 10.9. The molecule has 25 heavy (non-hydrogen) atoms. The molecule has 8 heteroatoms. The summed E-state index contributed by atoms with van der Waals surface area (Å²) in [5.41, 5.74) is 0.636. The number of hydrogen-bond donors (Lipinski definition) is 0. The van der Waals surface area contributed by atoms with Crippen molar-refractivity contribution in [1.29, 1.82) is 0 Å². The van der Waals surface area contributed by atoms with E-state index in [4.69, 9.17) is 27.9 Å². The van der Waals surface area contributed by atoms with E-state index < -0.39 is 11.0 Å². The van der Waals surface area contributed by atoms with Crippen LogP contribution in [0, 0.1) is 10.1 Å². The van der Waals surface area contributed by atoms with Gasteiger partial charge in [0, 0.05) is 30.7 Å². The van der Waals surface area contributed by atoms with Gasteiger partial charge in [-0.1, -0.05) is 35.3 Å². The lowest BCUT2D eigenvalue weighted by Gasteiger charge is -2.22. The van der Waals surface area contributed by atoms with E-state index >= 15 is 0 Å². The molecular weight excluding hydrogens is 367 g/mol. The Morgan fingerprint density at radius 1 is 1.28 bits per heavy atom. The minimum Gasteiger partial charge on any atom is -0.479 e. The number of halogens is 2. The van der Waals surface area contributed by atoms with E-state index in [-0.39, 0.29) is 18.1 Å². The number of nitrogens with zero attached hydrogens (tertiary/aromatic N) is 2. The van der Waals surface area contributed by atoms with Crippen molar-refractivity contribution < 1.29 is 14.5 Å². The van der Waals surface area contributed by atoms with Gasteiger partial charge in [0.1, 0.15) is 5.75 Å². The van der Waals surface area contributed by atoms with Crippen LogP contribution < -0.4 is 4.74 Å². The van der Waals surface area contributed by atoms with Gasteiger partial charge >= 0.3 is 0 Å². The van der Waals surface area contributed by atoms with Gasteiger partial charge in [-0.2, -0.15) is 0 Å². The van der Waals surface area contributed by atoms with Crippen molar-refractivity contribution >= 4 is 34.8 Å². The SMILES string of the molecule is CC(Oc1ccc(Cl)cc1Cl)C(=O)N(C)Cc1cccc([N+](=O)[O-])c1. The van der Waals surface area contributed by atoms with Crippen LogP contribution in [0.15, 0.2) is 42.5 Å². The van der Waals surface area contributed by atoms with E-state index in [9.17, 15) is 14.9 Å². The highest BCUT2D eigenvalue weighted by molar-refractivity contribution is 6.35. The largest absolute Gasteiger partial charge is 0.479 e. The Kier molecular flexibility index (Phi) is 6.22. The summed E-state index contributed by atoms with van der Waals surface area (Å²) in [7, 11) is 1.60. The maximum absolute atomic E-state index is 12.4. The fraction of sp³-hybridized carbons (Fsp3) is 0.235. The van der Waals surface area contributed by atoms with Crippen molar-refractivity contribution in [2.45, 2.75) is 19.6 Å². The number of amides is 1. The molecule has 0 aromatic heterocycles. The van der Waals surface area contributed by atoms with Crippen LogP contribution in [0.25, 0.3) is 0 Å². The molecule has 0 spiro atoms. The van der Waals surface area contributed by atoms with Gasteiger partial charge in [0.2, 0.25) is 0 Å². The molecule has 132 valence electrons. The summed E-state index contributed by atoms with van der Waals surface area (Å²) in [5, 5.41) is 11.6. The first kappa shape index (κ1) is 19.0. The second kappa shape index (κ2) is 8.18. The molecule has 1 atom stereocenters. The zero-order valence-electron chi connectivity index (χ0n) is 13.6. The second-order valence-electron chi connectivity index (χ2n) is 5.46. The second-order valence-corrected chi connectivity index (χ2v) is 6.30. The number of hydrogen-bond acceptors (Lipinski definition) is 4. The van der Waals surface area contributed by atoms with E-state index in [1.165, 1.54) is 23.1 Å². The Hall–Kier alpha value is -2.31. The number of likely N-dealkylation sites (N-methyl/N-ethyl adjacent to an activating group) is 1. The molecule has 0 aliphatic carbocycles. The van der Waals surface area contributed by atoms with E-state index in [1.807, 2.05) is 0 Å². The number of carbonyl (C=O) groups is 1. The normalized spacial score (nSPS) is 11.7. The first-order chi connectivity index (χ1) is 11.8. The van der Waals surface area contributed by atoms with Crippen LogP contribution in [-0.2, 0) is 11.3 Å². The van der Waals surface area contributed by atoms with Crippen LogP contribution >= 0.6 is 23.2 Å². The van der Waals surface area contributed by atoms with Gasteiger partial charge in [-0.3, -0.25) is 14.9 Å². The summed E-state index contributed by atoms with van der Waals surface area (Å²) in [4.78, 5) is 24.2. The summed E-state index contributed by atoms with van der Waals surface area (Å²) < 4.78 is 5.59. The van der Waals surface area contributed by atoms with Crippen molar-refractivity contribution in [2.24, 2.45) is 0 Å². The number of non-ortho nitro benzene ring substituents is 1. The van der Waals surface area contributed by atoms with Crippen LogP contribution in [0.3, 0.4) is 0 Å². The Morgan fingerprint density at radius 2 is 2.00 bits per heavy atom. The van der Waals surface area contributed by atoms with Crippen molar-refractivity contribution in [1.82, 2.24) is 4.90 Å². The van der Waals surface area contributed by atoms with Crippen LogP contribution in [0.4, 0.5) is 5.69 Å². The summed E-state index contributed by atoms with van der Waals surface area (Å²) in [6.45, 7) is 1.83. The standard InChI is InChI=1S/C17H16Cl2N2O4/c1-11(25-16-7-6-13(18)9-15(16)19)17(22)20(2)10-12-4-3-5-14(8-12)21(23)24/h3-9,11H,10H2,1-2H3. The lowest BCUT2D eigenvalue weighted by atomic mass is 10.2. The predicted molar refractivity (Wildman–Crippen MR) is 96.1 cm³/mol. The Balaban J connectivity index is 2.03. The van der Waals surface area contributed by atoms with Crippen LogP contribution in [-0.4, -0.2) is 28.9 Å². The highest BCUT2D eigenvalue weighted by atomic mass is 35.5. The molecule has 6 nitrogen and oxygen atoms in total. The summed E-state index contributed by atoms with van der Waals surface area (Å²) in [5.74, 6) is 0.0770. The van der Waals surface area contributed by atoms with Gasteiger partial charge in [0.05, 0.1) is 9.95 Å². The summed E-state index contributed by atoms with van der Waals surface area (Å²) in [6.07, 6.45) is -0.776. The third kappa shape index (κ3) is 5.08. The van der Waals surface area contributed by atoms with Gasteiger partial charge in [-0.25, -0.2) is 0 Å². The van der Waals surface area contributed by atoms with Crippen LogP contribution in [0.1, 0.15) is 12.5 Å². The van der Waals surface area contributed by atoms with Crippen molar-refractivity contribution in [3.8, 4) is 5.75 Å². The highest BCUT2D eigenvalue weighted by Crippen LogP contribution is 2.28. The first-order valence-electron chi connectivity index (χ1n) is 7.38. The zero-order valence-corrected chi connectivity index (χ0v) is 15.1. The smallest absolute Gasteiger partial charge is 0.269 e. The van der Waals surface area contributed by atoms with Crippen molar-refractivity contribution in [3.63, 3.8) is 0 Å². The van der Waals surface area contributed by atoms with Gasteiger partial charge < -0.3 is 9.64 Å². The van der Waals surface area contributed by atoms with E-state index in [1.54, 1.807) is 38.2 Å². The Morgan fingerprint density at radius 3 is 2.64 bits per heavy atom. The third-order valence-corrected chi connectivity index (χ3v) is 3.99. The molecular formula is C17H16Cl2N2O4. The molecule has 2 rings (SSSR count). The quantitative estimate of drug-likeness (QED) is 0.550. The molecule has 2 aromatic carbocycles. The van der Waals surface area contributed by atoms with E-state index in [0.717, 1.165) is 0 Å². The lowest BCUT2D eigenvalue weighted by Crippen LogP contribution is -2.37. The molecule has 0 radical (unpaired) electrons. The number of ether oxygens (including phenoxy) is 1. The maximum atomic E-state index is 12.4. The molecule has 0 heterocycles. The van der Waals surface area contributed by atoms with Gasteiger partial charge in [0.15, 0.2) is 6.10 Å².